The second kappa shape index (κ2) is 6.02. The van der Waals surface area contributed by atoms with Crippen LogP contribution in [0.5, 0.6) is 0 Å². The lowest BCUT2D eigenvalue weighted by atomic mass is 10.2. The van der Waals surface area contributed by atoms with Crippen molar-refractivity contribution in [3.63, 3.8) is 0 Å². The lowest BCUT2D eigenvalue weighted by Crippen LogP contribution is -2.38. The van der Waals surface area contributed by atoms with E-state index in [4.69, 9.17) is 4.42 Å². The van der Waals surface area contributed by atoms with Gasteiger partial charge in [-0.2, -0.15) is 0 Å². The number of furan rings is 1. The first kappa shape index (κ1) is 16.1. The van der Waals surface area contributed by atoms with E-state index in [1.165, 1.54) is 36.5 Å². The zero-order valence-electron chi connectivity index (χ0n) is 12.8. The zero-order chi connectivity index (χ0) is 17.3. The molecule has 1 saturated heterocycles. The Morgan fingerprint density at radius 3 is 2.96 bits per heavy atom. The van der Waals surface area contributed by atoms with Gasteiger partial charge in [-0.1, -0.05) is 5.21 Å². The number of alkyl halides is 2. The molecule has 24 heavy (non-hydrogen) atoms. The van der Waals surface area contributed by atoms with E-state index in [9.17, 15) is 18.4 Å². The Kier molecular flexibility index (Phi) is 4.04. The second-order valence-corrected chi connectivity index (χ2v) is 5.56. The SMILES string of the molecule is CNC(=O)c1cn(C[C@@H]2CC(F)(F)CN2C(=O)c2ccoc2)nn1. The van der Waals surface area contributed by atoms with Gasteiger partial charge in [0, 0.05) is 13.5 Å². The van der Waals surface area contributed by atoms with Gasteiger partial charge in [-0.15, -0.1) is 5.10 Å². The molecule has 0 aromatic carbocycles. The first-order valence-corrected chi connectivity index (χ1v) is 7.23. The quantitative estimate of drug-likeness (QED) is 0.888. The van der Waals surface area contributed by atoms with Crippen molar-refractivity contribution in [2.24, 2.45) is 0 Å². The van der Waals surface area contributed by atoms with E-state index < -0.39 is 36.7 Å². The molecule has 2 aromatic rings. The Bertz CT molecular complexity index is 743. The summed E-state index contributed by atoms with van der Waals surface area (Å²) < 4.78 is 33.7. The maximum absolute atomic E-state index is 13.8. The summed E-state index contributed by atoms with van der Waals surface area (Å²) in [5.74, 6) is -3.93. The molecule has 1 aliphatic rings. The van der Waals surface area contributed by atoms with E-state index in [2.05, 4.69) is 15.6 Å². The van der Waals surface area contributed by atoms with Crippen LogP contribution in [0.1, 0.15) is 27.3 Å². The molecule has 3 heterocycles. The predicted molar refractivity (Wildman–Crippen MR) is 76.5 cm³/mol. The fourth-order valence-corrected chi connectivity index (χ4v) is 2.69. The third kappa shape index (κ3) is 3.12. The highest BCUT2D eigenvalue weighted by Crippen LogP contribution is 2.33. The fourth-order valence-electron chi connectivity index (χ4n) is 2.69. The van der Waals surface area contributed by atoms with E-state index in [0.29, 0.717) is 0 Å². The van der Waals surface area contributed by atoms with Crippen LogP contribution in [0.3, 0.4) is 0 Å². The highest BCUT2D eigenvalue weighted by atomic mass is 19.3. The number of amides is 2. The molecule has 1 N–H and O–H groups in total. The smallest absolute Gasteiger partial charge is 0.273 e. The minimum atomic E-state index is -2.98. The van der Waals surface area contributed by atoms with Crippen molar-refractivity contribution in [3.8, 4) is 0 Å². The summed E-state index contributed by atoms with van der Waals surface area (Å²) in [4.78, 5) is 25.0. The average molecular weight is 339 g/mol. The topological polar surface area (TPSA) is 93.3 Å². The van der Waals surface area contributed by atoms with Gasteiger partial charge in [0.1, 0.15) is 6.26 Å². The number of nitrogens with one attached hydrogen (secondary N) is 1. The van der Waals surface area contributed by atoms with Crippen molar-refractivity contribution in [3.05, 3.63) is 36.0 Å². The van der Waals surface area contributed by atoms with Crippen LogP contribution in [-0.2, 0) is 6.54 Å². The monoisotopic (exact) mass is 339 g/mol. The molecule has 0 unspecified atom stereocenters. The predicted octanol–water partition coefficient (Wildman–Crippen LogP) is 0.781. The van der Waals surface area contributed by atoms with Crippen molar-refractivity contribution in [1.29, 1.82) is 0 Å². The lowest BCUT2D eigenvalue weighted by molar-refractivity contribution is 0.0117. The van der Waals surface area contributed by atoms with Crippen LogP contribution in [-0.4, -0.2) is 57.3 Å². The van der Waals surface area contributed by atoms with Crippen LogP contribution < -0.4 is 5.32 Å². The van der Waals surface area contributed by atoms with Crippen LogP contribution in [0.25, 0.3) is 0 Å². The van der Waals surface area contributed by atoms with Crippen LogP contribution >= 0.6 is 0 Å². The third-order valence-electron chi connectivity index (χ3n) is 3.80. The molecule has 0 spiro atoms. The number of hydrogen-bond donors (Lipinski definition) is 1. The fraction of sp³-hybridized carbons (Fsp3) is 0.429. The van der Waals surface area contributed by atoms with Crippen LogP contribution in [0.2, 0.25) is 0 Å². The number of hydrogen-bond acceptors (Lipinski definition) is 5. The normalized spacial score (nSPS) is 19.5. The minimum absolute atomic E-state index is 0.0170. The maximum atomic E-state index is 13.8. The Labute approximate surface area is 135 Å². The molecule has 3 rings (SSSR count). The van der Waals surface area contributed by atoms with E-state index in [-0.39, 0.29) is 17.8 Å². The summed E-state index contributed by atoms with van der Waals surface area (Å²) in [6.45, 7) is -0.651. The standard InChI is InChI=1S/C14H15F2N5O3/c1-17-12(22)11-6-20(19-18-11)5-10-4-14(15,16)8-21(10)13(23)9-2-3-24-7-9/h2-3,6-7,10H,4-5,8H2,1H3,(H,17,22)/t10-/m0/s1. The molecule has 8 nitrogen and oxygen atoms in total. The summed E-state index contributed by atoms with van der Waals surface area (Å²) in [5, 5.41) is 9.83. The van der Waals surface area contributed by atoms with Crippen molar-refractivity contribution >= 4 is 11.8 Å². The molecule has 0 bridgehead atoms. The first-order chi connectivity index (χ1) is 11.4. The molecule has 0 saturated carbocycles. The molecule has 0 radical (unpaired) electrons. The van der Waals surface area contributed by atoms with E-state index in [1.807, 2.05) is 0 Å². The molecule has 2 amide bonds. The molecule has 128 valence electrons. The van der Waals surface area contributed by atoms with Gasteiger partial charge in [0.05, 0.1) is 37.2 Å². The van der Waals surface area contributed by atoms with E-state index >= 15 is 0 Å². The maximum Gasteiger partial charge on any atom is 0.273 e. The summed E-state index contributed by atoms with van der Waals surface area (Å²) in [7, 11) is 1.45. The first-order valence-electron chi connectivity index (χ1n) is 7.23. The summed E-state index contributed by atoms with van der Waals surface area (Å²) >= 11 is 0. The molecule has 1 aliphatic heterocycles. The van der Waals surface area contributed by atoms with Crippen molar-refractivity contribution in [2.45, 2.75) is 24.9 Å². The molecule has 0 aliphatic carbocycles. The summed E-state index contributed by atoms with van der Waals surface area (Å²) in [6.07, 6.45) is 3.40. The number of halogens is 2. The molecule has 10 heteroatoms. The van der Waals surface area contributed by atoms with Gasteiger partial charge in [0.25, 0.3) is 17.7 Å². The molecular formula is C14H15F2N5O3. The second-order valence-electron chi connectivity index (χ2n) is 5.56. The lowest BCUT2D eigenvalue weighted by Gasteiger charge is -2.23. The number of carbonyl (C=O) groups is 2. The average Bonchev–Trinajstić information content (AvgIpc) is 3.26. The van der Waals surface area contributed by atoms with Gasteiger partial charge in [-0.25, -0.2) is 13.5 Å². The van der Waals surface area contributed by atoms with Gasteiger partial charge in [0.15, 0.2) is 5.69 Å². The van der Waals surface area contributed by atoms with Crippen molar-refractivity contribution in [1.82, 2.24) is 25.2 Å². The van der Waals surface area contributed by atoms with Gasteiger partial charge in [-0.3, -0.25) is 9.59 Å². The van der Waals surface area contributed by atoms with Gasteiger partial charge >= 0.3 is 0 Å². The number of likely N-dealkylation sites (tertiary alicyclic amines) is 1. The van der Waals surface area contributed by atoms with E-state index in [1.54, 1.807) is 0 Å². The van der Waals surface area contributed by atoms with Crippen LogP contribution in [0.4, 0.5) is 8.78 Å². The Morgan fingerprint density at radius 1 is 1.50 bits per heavy atom. The Hall–Kier alpha value is -2.78. The number of nitrogens with zero attached hydrogens (tertiary/aromatic N) is 4. The third-order valence-corrected chi connectivity index (χ3v) is 3.80. The molecular weight excluding hydrogens is 324 g/mol. The molecule has 1 fully saturated rings. The largest absolute Gasteiger partial charge is 0.472 e. The van der Waals surface area contributed by atoms with Gasteiger partial charge in [-0.05, 0) is 6.07 Å². The van der Waals surface area contributed by atoms with Crippen molar-refractivity contribution in [2.75, 3.05) is 13.6 Å². The Balaban J connectivity index is 1.78. The zero-order valence-corrected chi connectivity index (χ0v) is 12.8. The Morgan fingerprint density at radius 2 is 2.29 bits per heavy atom. The number of aromatic nitrogens is 3. The van der Waals surface area contributed by atoms with Crippen LogP contribution in [0.15, 0.2) is 29.2 Å². The van der Waals surface area contributed by atoms with Crippen LogP contribution in [0, 0.1) is 0 Å². The minimum Gasteiger partial charge on any atom is -0.472 e. The van der Waals surface area contributed by atoms with Gasteiger partial charge in [0.2, 0.25) is 0 Å². The number of rotatable bonds is 4. The highest BCUT2D eigenvalue weighted by molar-refractivity contribution is 5.94. The highest BCUT2D eigenvalue weighted by Gasteiger charge is 2.47. The number of carbonyl (C=O) groups excluding carboxylic acids is 2. The van der Waals surface area contributed by atoms with Crippen molar-refractivity contribution < 1.29 is 22.8 Å². The van der Waals surface area contributed by atoms with E-state index in [0.717, 1.165) is 4.90 Å². The molecule has 1 atom stereocenters. The molecule has 2 aromatic heterocycles. The van der Waals surface area contributed by atoms with Gasteiger partial charge < -0.3 is 14.6 Å². The summed E-state index contributed by atoms with van der Waals surface area (Å²) in [6, 6.07) is 0.663. The summed E-state index contributed by atoms with van der Waals surface area (Å²) in [5.41, 5.74) is 0.289.